The zero-order chi connectivity index (χ0) is 11.4. The molecule has 80 valence electrons. The second-order valence-electron chi connectivity index (χ2n) is 3.34. The highest BCUT2D eigenvalue weighted by Gasteiger charge is 2.07. The average Bonchev–Trinajstić information content (AvgIpc) is 2.20. The van der Waals surface area contributed by atoms with Crippen molar-refractivity contribution in [2.24, 2.45) is 0 Å². The van der Waals surface area contributed by atoms with E-state index < -0.39 is 5.97 Å². The second-order valence-corrected chi connectivity index (χ2v) is 3.34. The van der Waals surface area contributed by atoms with Crippen LogP contribution in [-0.4, -0.2) is 17.2 Å². The van der Waals surface area contributed by atoms with Gasteiger partial charge in [0.25, 0.3) is 0 Å². The Morgan fingerprint density at radius 1 is 1.60 bits per heavy atom. The van der Waals surface area contributed by atoms with Crippen molar-refractivity contribution < 1.29 is 14.6 Å². The summed E-state index contributed by atoms with van der Waals surface area (Å²) in [5, 5.41) is 8.77. The van der Waals surface area contributed by atoms with Crippen LogP contribution in [0.25, 0.3) is 0 Å². The standard InChI is InChI=1S/C12H14O3/c1-4-9(3)15-11-6-5-10(12(13)14)7-8(11)2/h4-7,9H,1H2,2-3H3,(H,13,14). The summed E-state index contributed by atoms with van der Waals surface area (Å²) in [5.74, 6) is -0.242. The van der Waals surface area contributed by atoms with Crippen LogP contribution in [0.1, 0.15) is 22.8 Å². The number of ether oxygens (including phenoxy) is 1. The smallest absolute Gasteiger partial charge is 0.335 e. The lowest BCUT2D eigenvalue weighted by Gasteiger charge is -2.13. The number of carboxylic acid groups (broad SMARTS) is 1. The molecule has 0 saturated carbocycles. The van der Waals surface area contributed by atoms with Gasteiger partial charge in [-0.15, -0.1) is 0 Å². The van der Waals surface area contributed by atoms with Gasteiger partial charge in [-0.3, -0.25) is 0 Å². The Morgan fingerprint density at radius 2 is 2.27 bits per heavy atom. The first-order valence-electron chi connectivity index (χ1n) is 4.67. The molecule has 0 heterocycles. The monoisotopic (exact) mass is 206 g/mol. The number of benzene rings is 1. The van der Waals surface area contributed by atoms with Crippen LogP contribution in [-0.2, 0) is 0 Å². The first-order valence-corrected chi connectivity index (χ1v) is 4.67. The van der Waals surface area contributed by atoms with Crippen LogP contribution < -0.4 is 4.74 Å². The molecule has 1 atom stereocenters. The molecule has 0 fully saturated rings. The molecule has 0 saturated heterocycles. The van der Waals surface area contributed by atoms with E-state index in [-0.39, 0.29) is 11.7 Å². The van der Waals surface area contributed by atoms with Gasteiger partial charge in [0, 0.05) is 0 Å². The minimum atomic E-state index is -0.929. The highest BCUT2D eigenvalue weighted by molar-refractivity contribution is 5.88. The van der Waals surface area contributed by atoms with Crippen molar-refractivity contribution in [3.8, 4) is 5.75 Å². The first-order chi connectivity index (χ1) is 7.04. The van der Waals surface area contributed by atoms with Gasteiger partial charge in [-0.2, -0.15) is 0 Å². The molecule has 1 N–H and O–H groups in total. The fraction of sp³-hybridized carbons (Fsp3) is 0.250. The SMILES string of the molecule is C=CC(C)Oc1ccc(C(=O)O)cc1C. The fourth-order valence-electron chi connectivity index (χ4n) is 1.16. The lowest BCUT2D eigenvalue weighted by molar-refractivity contribution is 0.0696. The molecule has 1 rings (SSSR count). The van der Waals surface area contributed by atoms with Crippen molar-refractivity contribution in [2.75, 3.05) is 0 Å². The third-order valence-corrected chi connectivity index (χ3v) is 2.07. The van der Waals surface area contributed by atoms with E-state index in [0.717, 1.165) is 5.56 Å². The van der Waals surface area contributed by atoms with Crippen molar-refractivity contribution >= 4 is 5.97 Å². The highest BCUT2D eigenvalue weighted by Crippen LogP contribution is 2.20. The van der Waals surface area contributed by atoms with Gasteiger partial charge in [0.05, 0.1) is 5.56 Å². The van der Waals surface area contributed by atoms with Crippen LogP contribution in [0.5, 0.6) is 5.75 Å². The number of rotatable bonds is 4. The summed E-state index contributed by atoms with van der Waals surface area (Å²) in [6.45, 7) is 7.30. The Hall–Kier alpha value is -1.77. The van der Waals surface area contributed by atoms with Gasteiger partial charge in [-0.1, -0.05) is 12.7 Å². The van der Waals surface area contributed by atoms with Gasteiger partial charge in [0.15, 0.2) is 0 Å². The summed E-state index contributed by atoms with van der Waals surface area (Å²) in [6.07, 6.45) is 1.60. The Morgan fingerprint density at radius 3 is 2.73 bits per heavy atom. The van der Waals surface area contributed by atoms with E-state index in [4.69, 9.17) is 9.84 Å². The second kappa shape index (κ2) is 4.64. The molecule has 3 nitrogen and oxygen atoms in total. The van der Waals surface area contributed by atoms with E-state index in [9.17, 15) is 4.79 Å². The van der Waals surface area contributed by atoms with Gasteiger partial charge >= 0.3 is 5.97 Å². The van der Waals surface area contributed by atoms with Gasteiger partial charge in [0.1, 0.15) is 11.9 Å². The third-order valence-electron chi connectivity index (χ3n) is 2.07. The first kappa shape index (κ1) is 11.3. The van der Waals surface area contributed by atoms with Gasteiger partial charge in [-0.25, -0.2) is 4.79 Å². The van der Waals surface area contributed by atoms with E-state index >= 15 is 0 Å². The summed E-state index contributed by atoms with van der Waals surface area (Å²) >= 11 is 0. The number of carbonyl (C=O) groups is 1. The summed E-state index contributed by atoms with van der Waals surface area (Å²) in [4.78, 5) is 10.7. The number of hydrogen-bond donors (Lipinski definition) is 1. The van der Waals surface area contributed by atoms with Gasteiger partial charge in [0.2, 0.25) is 0 Å². The quantitative estimate of drug-likeness (QED) is 0.770. The van der Waals surface area contributed by atoms with Crippen molar-refractivity contribution in [1.82, 2.24) is 0 Å². The maximum atomic E-state index is 10.7. The molecule has 0 amide bonds. The predicted octanol–water partition coefficient (Wildman–Crippen LogP) is 2.65. The number of carboxylic acids is 1. The normalized spacial score (nSPS) is 11.9. The molecule has 1 unspecified atom stereocenters. The molecule has 0 aromatic heterocycles. The maximum Gasteiger partial charge on any atom is 0.335 e. The maximum absolute atomic E-state index is 10.7. The van der Waals surface area contributed by atoms with Crippen LogP contribution in [0.15, 0.2) is 30.9 Å². The predicted molar refractivity (Wildman–Crippen MR) is 58.4 cm³/mol. The number of hydrogen-bond acceptors (Lipinski definition) is 2. The van der Waals surface area contributed by atoms with E-state index in [1.807, 2.05) is 13.8 Å². The zero-order valence-electron chi connectivity index (χ0n) is 8.86. The van der Waals surface area contributed by atoms with Crippen LogP contribution >= 0.6 is 0 Å². The fourth-order valence-corrected chi connectivity index (χ4v) is 1.16. The van der Waals surface area contributed by atoms with Crippen LogP contribution in [0.3, 0.4) is 0 Å². The largest absolute Gasteiger partial charge is 0.486 e. The third kappa shape index (κ3) is 2.84. The Bertz CT molecular complexity index is 382. The number of aryl methyl sites for hydroxylation is 1. The van der Waals surface area contributed by atoms with E-state index in [1.54, 1.807) is 18.2 Å². The summed E-state index contributed by atoms with van der Waals surface area (Å²) in [6, 6.07) is 4.78. The number of aromatic carboxylic acids is 1. The summed E-state index contributed by atoms with van der Waals surface area (Å²) < 4.78 is 5.52. The van der Waals surface area contributed by atoms with Gasteiger partial charge in [-0.05, 0) is 37.6 Å². The van der Waals surface area contributed by atoms with Crippen LogP contribution in [0.2, 0.25) is 0 Å². The van der Waals surface area contributed by atoms with Crippen LogP contribution in [0, 0.1) is 6.92 Å². The van der Waals surface area contributed by atoms with E-state index in [0.29, 0.717) is 5.75 Å². The molecule has 1 aromatic carbocycles. The van der Waals surface area contributed by atoms with Crippen molar-refractivity contribution in [1.29, 1.82) is 0 Å². The van der Waals surface area contributed by atoms with Crippen molar-refractivity contribution in [3.63, 3.8) is 0 Å². The lowest BCUT2D eigenvalue weighted by atomic mass is 10.1. The summed E-state index contributed by atoms with van der Waals surface area (Å²) in [5.41, 5.74) is 1.08. The van der Waals surface area contributed by atoms with Crippen molar-refractivity contribution in [3.05, 3.63) is 42.0 Å². The van der Waals surface area contributed by atoms with Gasteiger partial charge < -0.3 is 9.84 Å². The minimum Gasteiger partial charge on any atom is -0.486 e. The molecular weight excluding hydrogens is 192 g/mol. The van der Waals surface area contributed by atoms with E-state index in [2.05, 4.69) is 6.58 Å². The Kier molecular flexibility index (Phi) is 3.50. The Balaban J connectivity index is 2.93. The molecule has 1 aromatic rings. The molecule has 0 radical (unpaired) electrons. The van der Waals surface area contributed by atoms with E-state index in [1.165, 1.54) is 6.07 Å². The molecule has 3 heteroatoms. The van der Waals surface area contributed by atoms with Crippen molar-refractivity contribution in [2.45, 2.75) is 20.0 Å². The molecule has 15 heavy (non-hydrogen) atoms. The summed E-state index contributed by atoms with van der Waals surface area (Å²) in [7, 11) is 0. The highest BCUT2D eigenvalue weighted by atomic mass is 16.5. The topological polar surface area (TPSA) is 46.5 Å². The molecule has 0 spiro atoms. The average molecular weight is 206 g/mol. The molecular formula is C12H14O3. The Labute approximate surface area is 89.0 Å². The minimum absolute atomic E-state index is 0.0839. The zero-order valence-corrected chi connectivity index (χ0v) is 8.86. The molecule has 0 aliphatic rings. The lowest BCUT2D eigenvalue weighted by Crippen LogP contribution is -2.08. The molecule has 0 aliphatic heterocycles. The van der Waals surface area contributed by atoms with Crippen LogP contribution in [0.4, 0.5) is 0 Å². The molecule has 0 bridgehead atoms. The molecule has 0 aliphatic carbocycles.